The average molecular weight is 218 g/mol. The van der Waals surface area contributed by atoms with Crippen LogP contribution in [0.25, 0.3) is 0 Å². The summed E-state index contributed by atoms with van der Waals surface area (Å²) in [5, 5.41) is 11.6. The van der Waals surface area contributed by atoms with Crippen molar-refractivity contribution in [2.75, 3.05) is 6.54 Å². The molecule has 4 nitrogen and oxygen atoms in total. The lowest BCUT2D eigenvalue weighted by atomic mass is 10.1. The molecule has 16 heavy (non-hydrogen) atoms. The van der Waals surface area contributed by atoms with E-state index in [1.165, 1.54) is 13.8 Å². The first-order valence-electron chi connectivity index (χ1n) is 5.06. The molecule has 0 saturated heterocycles. The summed E-state index contributed by atoms with van der Waals surface area (Å²) in [6.45, 7) is 2.81. The quantitative estimate of drug-likeness (QED) is 0.706. The van der Waals surface area contributed by atoms with Crippen LogP contribution in [0.15, 0.2) is 24.3 Å². The van der Waals surface area contributed by atoms with E-state index in [1.807, 2.05) is 0 Å². The molecule has 4 heteroatoms. The molecule has 0 bridgehead atoms. The summed E-state index contributed by atoms with van der Waals surface area (Å²) in [6.07, 6.45) is 0. The van der Waals surface area contributed by atoms with Crippen LogP contribution < -0.4 is 0 Å². The van der Waals surface area contributed by atoms with Gasteiger partial charge in [0.1, 0.15) is 5.60 Å². The lowest BCUT2D eigenvalue weighted by Gasteiger charge is -2.21. The van der Waals surface area contributed by atoms with Gasteiger partial charge in [-0.15, -0.1) is 0 Å². The Balaban J connectivity index is 2.36. The minimum Gasteiger partial charge on any atom is -0.271 e. The molecule has 0 aromatic heterocycles. The van der Waals surface area contributed by atoms with Crippen molar-refractivity contribution in [2.24, 2.45) is 0 Å². The molecule has 1 aliphatic heterocycles. The lowest BCUT2D eigenvalue weighted by molar-refractivity contribution is -0.0168. The second kappa shape index (κ2) is 3.42. The van der Waals surface area contributed by atoms with Gasteiger partial charge in [-0.3, -0.25) is 14.5 Å². The highest BCUT2D eigenvalue weighted by atomic mass is 16.3. The maximum Gasteiger partial charge on any atom is 0.261 e. The van der Waals surface area contributed by atoms with Gasteiger partial charge in [-0.25, -0.2) is 5.11 Å². The van der Waals surface area contributed by atoms with Crippen LogP contribution in [0.1, 0.15) is 34.6 Å². The van der Waals surface area contributed by atoms with Crippen molar-refractivity contribution >= 4 is 11.8 Å². The summed E-state index contributed by atoms with van der Waals surface area (Å²) in [6, 6.07) is 6.62. The molecule has 2 rings (SSSR count). The van der Waals surface area contributed by atoms with Crippen molar-refractivity contribution < 1.29 is 14.7 Å². The first kappa shape index (κ1) is 10.8. The Morgan fingerprint density at radius 3 is 1.88 bits per heavy atom. The number of benzene rings is 1. The van der Waals surface area contributed by atoms with Crippen LogP contribution in [0.2, 0.25) is 0 Å². The Morgan fingerprint density at radius 1 is 1.06 bits per heavy atom. The van der Waals surface area contributed by atoms with E-state index in [-0.39, 0.29) is 18.4 Å². The summed E-state index contributed by atoms with van der Waals surface area (Å²) in [5.74, 6) is -0.742. The highest BCUT2D eigenvalue weighted by Crippen LogP contribution is 2.23. The van der Waals surface area contributed by atoms with Crippen LogP contribution in [-0.4, -0.2) is 28.9 Å². The number of hydrogen-bond donors (Lipinski definition) is 0. The van der Waals surface area contributed by atoms with Crippen LogP contribution in [0.3, 0.4) is 0 Å². The zero-order valence-electron chi connectivity index (χ0n) is 9.19. The highest BCUT2D eigenvalue weighted by molar-refractivity contribution is 6.21. The van der Waals surface area contributed by atoms with Crippen molar-refractivity contribution in [1.82, 2.24) is 4.90 Å². The summed E-state index contributed by atoms with van der Waals surface area (Å²) in [5.41, 5.74) is -0.554. The maximum absolute atomic E-state index is 11.9. The molecule has 0 aliphatic carbocycles. The molecule has 1 aliphatic rings. The highest BCUT2D eigenvalue weighted by Gasteiger charge is 2.38. The first-order chi connectivity index (χ1) is 7.40. The topological polar surface area (TPSA) is 57.3 Å². The van der Waals surface area contributed by atoms with Gasteiger partial charge in [0.25, 0.3) is 11.8 Å². The van der Waals surface area contributed by atoms with E-state index in [1.54, 1.807) is 24.3 Å². The Kier molecular flexibility index (Phi) is 2.31. The minimum absolute atomic E-state index is 0.0979. The summed E-state index contributed by atoms with van der Waals surface area (Å²) in [4.78, 5) is 24.7. The third-order valence-electron chi connectivity index (χ3n) is 2.42. The van der Waals surface area contributed by atoms with Gasteiger partial charge in [0, 0.05) is 0 Å². The zero-order valence-corrected chi connectivity index (χ0v) is 9.19. The average Bonchev–Trinajstić information content (AvgIpc) is 2.43. The third kappa shape index (κ3) is 1.72. The van der Waals surface area contributed by atoms with E-state index in [0.29, 0.717) is 11.1 Å². The second-order valence-electron chi connectivity index (χ2n) is 4.50. The van der Waals surface area contributed by atoms with Crippen LogP contribution >= 0.6 is 0 Å². The van der Waals surface area contributed by atoms with Gasteiger partial charge < -0.3 is 0 Å². The molecule has 1 aromatic rings. The van der Waals surface area contributed by atoms with E-state index < -0.39 is 5.60 Å². The van der Waals surface area contributed by atoms with E-state index in [4.69, 9.17) is 0 Å². The van der Waals surface area contributed by atoms with Gasteiger partial charge in [-0.2, -0.15) is 0 Å². The van der Waals surface area contributed by atoms with Gasteiger partial charge in [0.2, 0.25) is 0 Å². The van der Waals surface area contributed by atoms with Crippen molar-refractivity contribution in [3.8, 4) is 0 Å². The fourth-order valence-corrected chi connectivity index (χ4v) is 1.76. The molecular formula is C12H12NO3. The van der Waals surface area contributed by atoms with Gasteiger partial charge in [0.15, 0.2) is 0 Å². The van der Waals surface area contributed by atoms with E-state index in [2.05, 4.69) is 0 Å². The van der Waals surface area contributed by atoms with Crippen LogP contribution in [0.4, 0.5) is 0 Å². The maximum atomic E-state index is 11.9. The first-order valence-corrected chi connectivity index (χ1v) is 5.06. The van der Waals surface area contributed by atoms with Crippen molar-refractivity contribution in [3.63, 3.8) is 0 Å². The largest absolute Gasteiger partial charge is 0.271 e. The summed E-state index contributed by atoms with van der Waals surface area (Å²) in [7, 11) is 0. The van der Waals surface area contributed by atoms with Gasteiger partial charge in [-0.1, -0.05) is 12.1 Å². The Morgan fingerprint density at radius 2 is 1.50 bits per heavy atom. The molecule has 2 amide bonds. The predicted octanol–water partition coefficient (Wildman–Crippen LogP) is 1.49. The number of nitrogens with zero attached hydrogens (tertiary/aromatic N) is 1. The fraction of sp³-hybridized carbons (Fsp3) is 0.333. The van der Waals surface area contributed by atoms with Crippen molar-refractivity contribution in [1.29, 1.82) is 0 Å². The molecule has 83 valence electrons. The Hall–Kier alpha value is -1.68. The molecule has 0 N–H and O–H groups in total. The van der Waals surface area contributed by atoms with Gasteiger partial charge >= 0.3 is 0 Å². The third-order valence-corrected chi connectivity index (χ3v) is 2.42. The number of amides is 2. The number of rotatable bonds is 2. The molecule has 0 spiro atoms. The lowest BCUT2D eigenvalue weighted by Crippen LogP contribution is -2.41. The normalized spacial score (nSPS) is 15.6. The Bertz CT molecular complexity index is 425. The minimum atomic E-state index is -1.33. The second-order valence-corrected chi connectivity index (χ2v) is 4.50. The van der Waals surface area contributed by atoms with Crippen LogP contribution in [-0.2, 0) is 5.11 Å². The molecule has 1 heterocycles. The van der Waals surface area contributed by atoms with E-state index in [0.717, 1.165) is 4.90 Å². The number of imide groups is 1. The van der Waals surface area contributed by atoms with E-state index in [9.17, 15) is 14.7 Å². The van der Waals surface area contributed by atoms with Crippen molar-refractivity contribution in [3.05, 3.63) is 35.4 Å². The Labute approximate surface area is 93.5 Å². The molecule has 0 fully saturated rings. The monoisotopic (exact) mass is 218 g/mol. The van der Waals surface area contributed by atoms with E-state index >= 15 is 0 Å². The SMILES string of the molecule is CC(C)([O])CN1C(=O)c2ccccc2C1=O. The predicted molar refractivity (Wildman–Crippen MR) is 56.6 cm³/mol. The summed E-state index contributed by atoms with van der Waals surface area (Å²) < 4.78 is 0. The number of hydrogen-bond acceptors (Lipinski definition) is 2. The molecule has 0 atom stereocenters. The van der Waals surface area contributed by atoms with Crippen molar-refractivity contribution in [2.45, 2.75) is 19.4 Å². The smallest absolute Gasteiger partial charge is 0.261 e. The van der Waals surface area contributed by atoms with Gasteiger partial charge in [0.05, 0.1) is 17.7 Å². The van der Waals surface area contributed by atoms with Gasteiger partial charge in [-0.05, 0) is 26.0 Å². The summed E-state index contributed by atoms with van der Waals surface area (Å²) >= 11 is 0. The van der Waals surface area contributed by atoms with Crippen LogP contribution in [0, 0.1) is 0 Å². The number of carbonyl (C=O) groups excluding carboxylic acids is 2. The number of fused-ring (bicyclic) bond motifs is 1. The molecule has 1 aromatic carbocycles. The molecule has 0 unspecified atom stereocenters. The molecule has 1 radical (unpaired) electrons. The standard InChI is InChI=1S/C12H12NO3/c1-12(2,16)7-13-10(14)8-5-3-4-6-9(8)11(13)15/h3-6H,7H2,1-2H3. The van der Waals surface area contributed by atoms with Crippen LogP contribution in [0.5, 0.6) is 0 Å². The number of carbonyl (C=O) groups is 2. The fourth-order valence-electron chi connectivity index (χ4n) is 1.76. The molecule has 0 saturated carbocycles. The zero-order chi connectivity index (χ0) is 11.9. The molecular weight excluding hydrogens is 206 g/mol.